The van der Waals surface area contributed by atoms with Crippen molar-refractivity contribution in [1.82, 2.24) is 9.97 Å². The molecule has 0 aromatic carbocycles. The molecule has 0 atom stereocenters. The summed E-state index contributed by atoms with van der Waals surface area (Å²) < 4.78 is 1.10. The number of hydrogen-bond acceptors (Lipinski definition) is 3. The quantitative estimate of drug-likeness (QED) is 0.767. The van der Waals surface area contributed by atoms with Crippen LogP contribution in [0.2, 0.25) is 0 Å². The van der Waals surface area contributed by atoms with Gasteiger partial charge in [0.15, 0.2) is 5.82 Å². The van der Waals surface area contributed by atoms with Crippen molar-refractivity contribution in [1.29, 1.82) is 0 Å². The van der Waals surface area contributed by atoms with Gasteiger partial charge in [-0.1, -0.05) is 0 Å². The predicted molar refractivity (Wildman–Crippen MR) is 53.0 cm³/mol. The SMILES string of the molecule is Brc1ccc(-c2ncccn2)s1. The number of thiophene rings is 1. The molecule has 0 saturated heterocycles. The summed E-state index contributed by atoms with van der Waals surface area (Å²) in [7, 11) is 0. The van der Waals surface area contributed by atoms with Crippen LogP contribution in [0.3, 0.4) is 0 Å². The lowest BCUT2D eigenvalue weighted by atomic mass is 10.4. The molecular weight excluding hydrogens is 236 g/mol. The van der Waals surface area contributed by atoms with Crippen LogP contribution in [0, 0.1) is 0 Å². The van der Waals surface area contributed by atoms with Crippen molar-refractivity contribution < 1.29 is 0 Å². The molecule has 12 heavy (non-hydrogen) atoms. The first-order valence-electron chi connectivity index (χ1n) is 3.39. The standard InChI is InChI=1S/C8H5BrN2S/c9-7-3-2-6(12-7)8-10-4-1-5-11-8/h1-5H. The minimum absolute atomic E-state index is 0.785. The summed E-state index contributed by atoms with van der Waals surface area (Å²) in [6.07, 6.45) is 3.49. The smallest absolute Gasteiger partial charge is 0.169 e. The molecule has 0 unspecified atom stereocenters. The molecule has 0 aliphatic carbocycles. The maximum absolute atomic E-state index is 4.14. The van der Waals surface area contributed by atoms with Gasteiger partial charge in [0.2, 0.25) is 0 Å². The summed E-state index contributed by atoms with van der Waals surface area (Å²) in [5.74, 6) is 0.785. The Labute approximate surface area is 82.4 Å². The second-order valence-corrected chi connectivity index (χ2v) is 4.64. The fourth-order valence-electron chi connectivity index (χ4n) is 0.861. The van der Waals surface area contributed by atoms with E-state index < -0.39 is 0 Å². The molecule has 0 spiro atoms. The second kappa shape index (κ2) is 3.33. The Morgan fingerprint density at radius 2 is 1.92 bits per heavy atom. The maximum atomic E-state index is 4.14. The van der Waals surface area contributed by atoms with Gasteiger partial charge in [-0.3, -0.25) is 0 Å². The van der Waals surface area contributed by atoms with Crippen LogP contribution in [0.5, 0.6) is 0 Å². The molecular formula is C8H5BrN2S. The highest BCUT2D eigenvalue weighted by Gasteiger charge is 2.01. The van der Waals surface area contributed by atoms with Crippen LogP contribution < -0.4 is 0 Å². The number of halogens is 1. The van der Waals surface area contributed by atoms with Gasteiger partial charge in [-0.25, -0.2) is 9.97 Å². The van der Waals surface area contributed by atoms with Gasteiger partial charge in [0.1, 0.15) is 0 Å². The molecule has 60 valence electrons. The zero-order valence-corrected chi connectivity index (χ0v) is 8.47. The number of nitrogens with zero attached hydrogens (tertiary/aromatic N) is 2. The number of aromatic nitrogens is 2. The lowest BCUT2D eigenvalue weighted by Gasteiger charge is -1.91. The first-order valence-corrected chi connectivity index (χ1v) is 5.00. The van der Waals surface area contributed by atoms with Crippen molar-refractivity contribution >= 4 is 27.3 Å². The highest BCUT2D eigenvalue weighted by molar-refractivity contribution is 9.11. The topological polar surface area (TPSA) is 25.8 Å². The highest BCUT2D eigenvalue weighted by atomic mass is 79.9. The fourth-order valence-corrected chi connectivity index (χ4v) is 2.20. The maximum Gasteiger partial charge on any atom is 0.169 e. The van der Waals surface area contributed by atoms with Gasteiger partial charge >= 0.3 is 0 Å². The number of rotatable bonds is 1. The van der Waals surface area contributed by atoms with E-state index in [0.29, 0.717) is 0 Å². The fraction of sp³-hybridized carbons (Fsp3) is 0. The number of hydrogen-bond donors (Lipinski definition) is 0. The lowest BCUT2D eigenvalue weighted by molar-refractivity contribution is 1.19. The Bertz CT molecular complexity index is 372. The molecule has 0 aliphatic heterocycles. The molecule has 4 heteroatoms. The van der Waals surface area contributed by atoms with E-state index in [1.54, 1.807) is 23.7 Å². The molecule has 0 amide bonds. The second-order valence-electron chi connectivity index (χ2n) is 2.18. The Morgan fingerprint density at radius 3 is 2.50 bits per heavy atom. The molecule has 0 saturated carbocycles. The van der Waals surface area contributed by atoms with Crippen molar-refractivity contribution in [2.75, 3.05) is 0 Å². The zero-order valence-electron chi connectivity index (χ0n) is 6.07. The summed E-state index contributed by atoms with van der Waals surface area (Å²) in [5.41, 5.74) is 0. The van der Waals surface area contributed by atoms with E-state index in [-0.39, 0.29) is 0 Å². The normalized spacial score (nSPS) is 10.1. The van der Waals surface area contributed by atoms with E-state index >= 15 is 0 Å². The van der Waals surface area contributed by atoms with E-state index in [4.69, 9.17) is 0 Å². The molecule has 0 N–H and O–H groups in total. The highest BCUT2D eigenvalue weighted by Crippen LogP contribution is 2.28. The average molecular weight is 241 g/mol. The van der Waals surface area contributed by atoms with Gasteiger partial charge in [0.05, 0.1) is 8.66 Å². The van der Waals surface area contributed by atoms with E-state index in [1.165, 1.54) is 0 Å². The lowest BCUT2D eigenvalue weighted by Crippen LogP contribution is -1.81. The molecule has 2 heterocycles. The molecule has 0 bridgehead atoms. The van der Waals surface area contributed by atoms with Crippen LogP contribution in [0.25, 0.3) is 10.7 Å². The Balaban J connectivity index is 2.45. The summed E-state index contributed by atoms with van der Waals surface area (Å²) in [6.45, 7) is 0. The Morgan fingerprint density at radius 1 is 1.17 bits per heavy atom. The third kappa shape index (κ3) is 1.54. The molecule has 2 rings (SSSR count). The summed E-state index contributed by atoms with van der Waals surface area (Å²) in [4.78, 5) is 9.37. The van der Waals surface area contributed by atoms with Crippen LogP contribution in [-0.2, 0) is 0 Å². The van der Waals surface area contributed by atoms with Crippen LogP contribution in [0.1, 0.15) is 0 Å². The van der Waals surface area contributed by atoms with E-state index in [9.17, 15) is 0 Å². The first-order chi connectivity index (χ1) is 5.86. The van der Waals surface area contributed by atoms with Gasteiger partial charge in [0, 0.05) is 12.4 Å². The van der Waals surface area contributed by atoms with Crippen molar-refractivity contribution in [2.45, 2.75) is 0 Å². The molecule has 0 aliphatic rings. The average Bonchev–Trinajstić information content (AvgIpc) is 2.54. The van der Waals surface area contributed by atoms with Crippen molar-refractivity contribution in [3.63, 3.8) is 0 Å². The van der Waals surface area contributed by atoms with Gasteiger partial charge in [-0.2, -0.15) is 0 Å². The van der Waals surface area contributed by atoms with Crippen molar-refractivity contribution in [3.8, 4) is 10.7 Å². The molecule has 0 fully saturated rings. The van der Waals surface area contributed by atoms with Gasteiger partial charge < -0.3 is 0 Å². The Hall–Kier alpha value is -0.740. The largest absolute Gasteiger partial charge is 0.236 e. The van der Waals surface area contributed by atoms with Gasteiger partial charge in [-0.15, -0.1) is 11.3 Å². The summed E-state index contributed by atoms with van der Waals surface area (Å²) >= 11 is 5.02. The van der Waals surface area contributed by atoms with Crippen molar-refractivity contribution in [2.24, 2.45) is 0 Å². The summed E-state index contributed by atoms with van der Waals surface area (Å²) in [6, 6.07) is 5.81. The monoisotopic (exact) mass is 240 g/mol. The van der Waals surface area contributed by atoms with Crippen LogP contribution in [-0.4, -0.2) is 9.97 Å². The minimum Gasteiger partial charge on any atom is -0.236 e. The van der Waals surface area contributed by atoms with Gasteiger partial charge in [-0.05, 0) is 34.1 Å². The zero-order chi connectivity index (χ0) is 8.39. The van der Waals surface area contributed by atoms with Gasteiger partial charge in [0.25, 0.3) is 0 Å². The van der Waals surface area contributed by atoms with E-state index in [0.717, 1.165) is 14.5 Å². The minimum atomic E-state index is 0.785. The van der Waals surface area contributed by atoms with Crippen molar-refractivity contribution in [3.05, 3.63) is 34.4 Å². The first kappa shape index (κ1) is 7.89. The molecule has 2 aromatic heterocycles. The van der Waals surface area contributed by atoms with Crippen LogP contribution in [0.15, 0.2) is 34.4 Å². The third-order valence-electron chi connectivity index (χ3n) is 1.36. The molecule has 2 aromatic rings. The molecule has 2 nitrogen and oxygen atoms in total. The van der Waals surface area contributed by atoms with E-state index in [1.807, 2.05) is 18.2 Å². The van der Waals surface area contributed by atoms with Crippen LogP contribution >= 0.6 is 27.3 Å². The molecule has 0 radical (unpaired) electrons. The Kier molecular flexibility index (Phi) is 2.19. The van der Waals surface area contributed by atoms with Crippen LogP contribution in [0.4, 0.5) is 0 Å². The third-order valence-corrected chi connectivity index (χ3v) is 2.98. The summed E-state index contributed by atoms with van der Waals surface area (Å²) in [5, 5.41) is 0. The predicted octanol–water partition coefficient (Wildman–Crippen LogP) is 2.97. The van der Waals surface area contributed by atoms with E-state index in [2.05, 4.69) is 25.9 Å².